The molecule has 7 nitrogen and oxygen atoms in total. The van der Waals surface area contributed by atoms with Gasteiger partial charge in [-0.1, -0.05) is 11.2 Å². The molecule has 0 aromatic carbocycles. The second-order valence-corrected chi connectivity index (χ2v) is 5.77. The number of nitrogens with zero attached hydrogens (tertiary/aromatic N) is 5. The van der Waals surface area contributed by atoms with Crippen LogP contribution >= 0.6 is 0 Å². The Morgan fingerprint density at radius 2 is 2.13 bits per heavy atom. The average Bonchev–Trinajstić information content (AvgIpc) is 3.05. The lowest BCUT2D eigenvalue weighted by molar-refractivity contribution is 0.0362. The Morgan fingerprint density at radius 1 is 1.26 bits per heavy atom. The molecule has 0 aliphatic carbocycles. The normalized spacial score (nSPS) is 16.1. The van der Waals surface area contributed by atoms with Crippen molar-refractivity contribution in [3.8, 4) is 11.5 Å². The molecule has 124 valence electrons. The zero-order valence-corrected chi connectivity index (χ0v) is 13.5. The van der Waals surface area contributed by atoms with E-state index in [-0.39, 0.29) is 0 Å². The minimum Gasteiger partial charge on any atom is -0.379 e. The third kappa shape index (κ3) is 4.82. The van der Waals surface area contributed by atoms with Crippen molar-refractivity contribution in [1.82, 2.24) is 24.9 Å². The van der Waals surface area contributed by atoms with Crippen LogP contribution in [0.1, 0.15) is 12.3 Å². The van der Waals surface area contributed by atoms with Gasteiger partial charge in [0.25, 0.3) is 0 Å². The molecule has 0 spiro atoms. The van der Waals surface area contributed by atoms with Crippen molar-refractivity contribution in [2.24, 2.45) is 0 Å². The highest BCUT2D eigenvalue weighted by Crippen LogP contribution is 2.12. The van der Waals surface area contributed by atoms with Gasteiger partial charge < -0.3 is 9.26 Å². The summed E-state index contributed by atoms with van der Waals surface area (Å²) in [6, 6.07) is 5.66. The summed E-state index contributed by atoms with van der Waals surface area (Å²) in [5.74, 6) is 1.17. The topological polar surface area (TPSA) is 67.5 Å². The Morgan fingerprint density at radius 3 is 2.91 bits per heavy atom. The predicted molar refractivity (Wildman–Crippen MR) is 85.7 cm³/mol. The highest BCUT2D eigenvalue weighted by molar-refractivity contribution is 5.46. The van der Waals surface area contributed by atoms with E-state index in [0.717, 1.165) is 51.5 Å². The zero-order valence-electron chi connectivity index (χ0n) is 13.5. The summed E-state index contributed by atoms with van der Waals surface area (Å²) in [4.78, 5) is 13.3. The molecule has 2 aromatic rings. The van der Waals surface area contributed by atoms with Crippen LogP contribution in [0.2, 0.25) is 0 Å². The van der Waals surface area contributed by atoms with E-state index >= 15 is 0 Å². The Hall–Kier alpha value is -1.83. The minimum absolute atomic E-state index is 0.544. The van der Waals surface area contributed by atoms with Gasteiger partial charge >= 0.3 is 0 Å². The molecule has 2 aromatic heterocycles. The molecule has 7 heteroatoms. The Labute approximate surface area is 136 Å². The maximum atomic E-state index is 5.36. The van der Waals surface area contributed by atoms with E-state index < -0.39 is 0 Å². The molecule has 0 N–H and O–H groups in total. The van der Waals surface area contributed by atoms with Gasteiger partial charge in [0.2, 0.25) is 11.7 Å². The smallest absolute Gasteiger partial charge is 0.241 e. The van der Waals surface area contributed by atoms with E-state index in [2.05, 4.69) is 32.0 Å². The van der Waals surface area contributed by atoms with Crippen LogP contribution in [0, 0.1) is 0 Å². The van der Waals surface area contributed by atoms with Crippen molar-refractivity contribution in [2.45, 2.75) is 13.0 Å². The molecule has 0 amide bonds. The lowest BCUT2D eigenvalue weighted by Crippen LogP contribution is -2.37. The molecule has 1 aliphatic rings. The van der Waals surface area contributed by atoms with E-state index in [9.17, 15) is 0 Å². The molecule has 0 radical (unpaired) electrons. The first kappa shape index (κ1) is 16.0. The second kappa shape index (κ2) is 8.14. The van der Waals surface area contributed by atoms with Crippen LogP contribution in [0.3, 0.4) is 0 Å². The van der Waals surface area contributed by atoms with Crippen molar-refractivity contribution in [3.05, 3.63) is 30.3 Å². The van der Waals surface area contributed by atoms with Gasteiger partial charge in [0, 0.05) is 19.3 Å². The molecule has 0 unspecified atom stereocenters. The molecular formula is C16H23N5O2. The first-order valence-electron chi connectivity index (χ1n) is 8.04. The number of morpholine rings is 1. The van der Waals surface area contributed by atoms with E-state index in [1.807, 2.05) is 18.2 Å². The fraction of sp³-hybridized carbons (Fsp3) is 0.562. The van der Waals surface area contributed by atoms with Gasteiger partial charge in [-0.2, -0.15) is 4.98 Å². The number of rotatable bonds is 7. The van der Waals surface area contributed by atoms with E-state index in [0.29, 0.717) is 18.3 Å². The summed E-state index contributed by atoms with van der Waals surface area (Å²) < 4.78 is 10.7. The Balaban J connectivity index is 1.43. The molecule has 3 rings (SSSR count). The molecule has 3 heterocycles. The van der Waals surface area contributed by atoms with Crippen molar-refractivity contribution in [2.75, 3.05) is 46.4 Å². The maximum Gasteiger partial charge on any atom is 0.241 e. The molecule has 1 aliphatic heterocycles. The fourth-order valence-corrected chi connectivity index (χ4v) is 2.62. The van der Waals surface area contributed by atoms with Crippen LogP contribution in [-0.4, -0.2) is 71.4 Å². The summed E-state index contributed by atoms with van der Waals surface area (Å²) in [5, 5.41) is 4.00. The van der Waals surface area contributed by atoms with E-state index in [4.69, 9.17) is 9.26 Å². The van der Waals surface area contributed by atoms with Crippen LogP contribution in [-0.2, 0) is 11.3 Å². The lowest BCUT2D eigenvalue weighted by Gasteiger charge is -2.27. The van der Waals surface area contributed by atoms with Crippen molar-refractivity contribution in [1.29, 1.82) is 0 Å². The van der Waals surface area contributed by atoms with E-state index in [1.165, 1.54) is 0 Å². The van der Waals surface area contributed by atoms with Gasteiger partial charge in [0.1, 0.15) is 5.69 Å². The van der Waals surface area contributed by atoms with Crippen LogP contribution in [0.15, 0.2) is 28.9 Å². The Bertz CT molecular complexity index is 583. The van der Waals surface area contributed by atoms with Gasteiger partial charge in [-0.15, -0.1) is 0 Å². The SMILES string of the molecule is CN(CCCN1CCOCC1)Cc1nc(-c2ccccn2)no1. The van der Waals surface area contributed by atoms with Gasteiger partial charge in [-0.05, 0) is 38.7 Å². The van der Waals surface area contributed by atoms with Gasteiger partial charge in [0.05, 0.1) is 19.8 Å². The molecular weight excluding hydrogens is 294 g/mol. The summed E-state index contributed by atoms with van der Waals surface area (Å²) in [7, 11) is 2.07. The van der Waals surface area contributed by atoms with Crippen LogP contribution in [0.4, 0.5) is 0 Å². The molecule has 1 fully saturated rings. The first-order chi connectivity index (χ1) is 11.3. The molecule has 0 saturated carbocycles. The molecule has 1 saturated heterocycles. The number of pyridine rings is 1. The lowest BCUT2D eigenvalue weighted by atomic mass is 10.3. The second-order valence-electron chi connectivity index (χ2n) is 5.77. The third-order valence-corrected chi connectivity index (χ3v) is 3.89. The summed E-state index contributed by atoms with van der Waals surface area (Å²) >= 11 is 0. The highest BCUT2D eigenvalue weighted by Gasteiger charge is 2.13. The number of ether oxygens (including phenoxy) is 1. The summed E-state index contributed by atoms with van der Waals surface area (Å²) in [6.45, 7) is 6.56. The monoisotopic (exact) mass is 317 g/mol. The number of hydrogen-bond acceptors (Lipinski definition) is 7. The summed E-state index contributed by atoms with van der Waals surface area (Å²) in [5.41, 5.74) is 0.734. The van der Waals surface area contributed by atoms with Crippen molar-refractivity contribution >= 4 is 0 Å². The first-order valence-corrected chi connectivity index (χ1v) is 8.04. The average molecular weight is 317 g/mol. The van der Waals surface area contributed by atoms with Crippen LogP contribution < -0.4 is 0 Å². The third-order valence-electron chi connectivity index (χ3n) is 3.89. The van der Waals surface area contributed by atoms with Crippen LogP contribution in [0.25, 0.3) is 11.5 Å². The zero-order chi connectivity index (χ0) is 15.9. The largest absolute Gasteiger partial charge is 0.379 e. The Kier molecular flexibility index (Phi) is 5.68. The van der Waals surface area contributed by atoms with Crippen molar-refractivity contribution in [3.63, 3.8) is 0 Å². The summed E-state index contributed by atoms with van der Waals surface area (Å²) in [6.07, 6.45) is 2.85. The minimum atomic E-state index is 0.544. The number of hydrogen-bond donors (Lipinski definition) is 0. The molecule has 0 bridgehead atoms. The van der Waals surface area contributed by atoms with E-state index in [1.54, 1.807) is 6.20 Å². The van der Waals surface area contributed by atoms with Crippen molar-refractivity contribution < 1.29 is 9.26 Å². The highest BCUT2D eigenvalue weighted by atomic mass is 16.5. The molecule has 0 atom stereocenters. The number of aromatic nitrogens is 3. The predicted octanol–water partition coefficient (Wildman–Crippen LogP) is 1.29. The quantitative estimate of drug-likeness (QED) is 0.762. The van der Waals surface area contributed by atoms with Crippen LogP contribution in [0.5, 0.6) is 0 Å². The maximum absolute atomic E-state index is 5.36. The standard InChI is InChI=1S/C16H23N5O2/c1-20(7-4-8-21-9-11-22-12-10-21)13-15-18-16(19-23-15)14-5-2-3-6-17-14/h2-3,5-6H,4,7-13H2,1H3. The van der Waals surface area contributed by atoms with Gasteiger partial charge in [-0.25, -0.2) is 0 Å². The van der Waals surface area contributed by atoms with Gasteiger partial charge in [0.15, 0.2) is 0 Å². The molecule has 23 heavy (non-hydrogen) atoms. The fourth-order valence-electron chi connectivity index (χ4n) is 2.62. The van der Waals surface area contributed by atoms with Gasteiger partial charge in [-0.3, -0.25) is 14.8 Å².